The molecule has 3 rings (SSSR count). The Morgan fingerprint density at radius 1 is 1.45 bits per heavy atom. The van der Waals surface area contributed by atoms with E-state index in [1.165, 1.54) is 11.3 Å². The smallest absolute Gasteiger partial charge is 0.252 e. The lowest BCUT2D eigenvalue weighted by atomic mass is 10.1. The molecule has 0 spiro atoms. The molecule has 2 fully saturated rings. The molecule has 2 bridgehead atoms. The third kappa shape index (κ3) is 2.43. The second kappa shape index (κ2) is 5.40. The van der Waals surface area contributed by atoms with Crippen molar-refractivity contribution in [3.63, 3.8) is 0 Å². The van der Waals surface area contributed by atoms with E-state index in [1.54, 1.807) is 16.4 Å². The van der Waals surface area contributed by atoms with Crippen LogP contribution in [0.4, 0.5) is 0 Å². The number of nitrogens with zero attached hydrogens (tertiary/aromatic N) is 1. The third-order valence-corrected chi connectivity index (χ3v) is 7.41. The van der Waals surface area contributed by atoms with E-state index in [9.17, 15) is 8.42 Å². The van der Waals surface area contributed by atoms with Crippen molar-refractivity contribution in [2.45, 2.75) is 43.0 Å². The predicted octanol–water partition coefficient (Wildman–Crippen LogP) is 2.57. The summed E-state index contributed by atoms with van der Waals surface area (Å²) in [7, 11) is -3.33. The third-order valence-electron chi connectivity index (χ3n) is 4.14. The molecule has 1 aliphatic carbocycles. The van der Waals surface area contributed by atoms with Crippen molar-refractivity contribution in [3.8, 4) is 0 Å². The first kappa shape index (κ1) is 14.5. The van der Waals surface area contributed by atoms with Gasteiger partial charge in [-0.25, -0.2) is 8.42 Å². The Balaban J connectivity index is 1.78. The second-order valence-corrected chi connectivity index (χ2v) is 9.17. The summed E-state index contributed by atoms with van der Waals surface area (Å²) in [5, 5.41) is 1.81. The first-order valence-electron chi connectivity index (χ1n) is 7.17. The first-order valence-corrected chi connectivity index (χ1v) is 9.49. The Bertz CT molecular complexity index is 553. The molecule has 2 heterocycles. The maximum Gasteiger partial charge on any atom is 0.252 e. The van der Waals surface area contributed by atoms with Crippen molar-refractivity contribution in [2.24, 2.45) is 11.8 Å². The molecule has 1 saturated heterocycles. The maximum atomic E-state index is 12.6. The number of fused-ring (bicyclic) bond motifs is 2. The lowest BCUT2D eigenvalue weighted by Gasteiger charge is -2.26. The summed E-state index contributed by atoms with van der Waals surface area (Å²) < 4.78 is 33.4. The van der Waals surface area contributed by atoms with Gasteiger partial charge in [-0.05, 0) is 30.2 Å². The Morgan fingerprint density at radius 3 is 2.90 bits per heavy atom. The molecule has 1 saturated carbocycles. The van der Waals surface area contributed by atoms with Crippen LogP contribution in [0.25, 0.3) is 0 Å². The van der Waals surface area contributed by atoms with E-state index in [2.05, 4.69) is 13.8 Å². The number of rotatable bonds is 5. The highest BCUT2D eigenvalue weighted by Gasteiger charge is 2.52. The Kier molecular flexibility index (Phi) is 3.92. The summed E-state index contributed by atoms with van der Waals surface area (Å²) in [5.74, 6) is 0.853. The molecule has 4 nitrogen and oxygen atoms in total. The fourth-order valence-electron chi connectivity index (χ4n) is 3.25. The van der Waals surface area contributed by atoms with Gasteiger partial charge in [-0.15, -0.1) is 11.3 Å². The summed E-state index contributed by atoms with van der Waals surface area (Å²) in [6.45, 7) is 5.58. The van der Waals surface area contributed by atoms with Gasteiger partial charge in [-0.1, -0.05) is 19.9 Å². The number of hydrogen-bond acceptors (Lipinski definition) is 4. The van der Waals surface area contributed by atoms with Crippen LogP contribution in [-0.4, -0.2) is 38.0 Å². The largest absolute Gasteiger partial charge is 0.376 e. The highest BCUT2D eigenvalue weighted by Crippen LogP contribution is 2.43. The van der Waals surface area contributed by atoms with Gasteiger partial charge in [-0.3, -0.25) is 0 Å². The van der Waals surface area contributed by atoms with E-state index < -0.39 is 10.0 Å². The SMILES string of the molecule is CC(C)CO[C@@H]1[C@H]2CC[C@H]1N(S(=O)(=O)c1cccs1)C2. The zero-order valence-corrected chi connectivity index (χ0v) is 13.5. The van der Waals surface area contributed by atoms with Crippen molar-refractivity contribution >= 4 is 21.4 Å². The number of hydrogen-bond donors (Lipinski definition) is 0. The molecule has 0 aromatic carbocycles. The van der Waals surface area contributed by atoms with Crippen LogP contribution in [0.5, 0.6) is 0 Å². The molecule has 1 aromatic rings. The zero-order valence-electron chi connectivity index (χ0n) is 11.9. The minimum atomic E-state index is -3.33. The van der Waals surface area contributed by atoms with Crippen LogP contribution in [0.15, 0.2) is 21.7 Å². The minimum absolute atomic E-state index is 0.0332. The van der Waals surface area contributed by atoms with Crippen molar-refractivity contribution < 1.29 is 13.2 Å². The standard InChI is InChI=1S/C14H21NO3S2/c1-10(2)9-18-14-11-5-6-12(14)15(8-11)20(16,17)13-4-3-7-19-13/h3-4,7,10-12,14H,5-6,8-9H2,1-2H3/t11-,12+,14+/m0/s1. The molecule has 0 N–H and O–H groups in total. The summed E-state index contributed by atoms with van der Waals surface area (Å²) in [5.41, 5.74) is 0. The monoisotopic (exact) mass is 315 g/mol. The van der Waals surface area contributed by atoms with Crippen LogP contribution < -0.4 is 0 Å². The Morgan fingerprint density at radius 2 is 2.25 bits per heavy atom. The molecule has 0 unspecified atom stereocenters. The topological polar surface area (TPSA) is 46.6 Å². The molecule has 2 aliphatic rings. The minimum Gasteiger partial charge on any atom is -0.376 e. The highest BCUT2D eigenvalue weighted by atomic mass is 32.2. The lowest BCUT2D eigenvalue weighted by Crippen LogP contribution is -2.39. The van der Waals surface area contributed by atoms with E-state index >= 15 is 0 Å². The fourth-order valence-corrected chi connectivity index (χ4v) is 6.09. The Labute approximate surface area is 124 Å². The van der Waals surface area contributed by atoms with Crippen LogP contribution in [-0.2, 0) is 14.8 Å². The molecular formula is C14H21NO3S2. The van der Waals surface area contributed by atoms with Crippen LogP contribution >= 0.6 is 11.3 Å². The van der Waals surface area contributed by atoms with Gasteiger partial charge in [0.05, 0.1) is 12.1 Å². The van der Waals surface area contributed by atoms with E-state index in [4.69, 9.17) is 4.74 Å². The molecule has 20 heavy (non-hydrogen) atoms. The number of sulfonamides is 1. The zero-order chi connectivity index (χ0) is 14.3. The maximum absolute atomic E-state index is 12.6. The summed E-state index contributed by atoms with van der Waals surface area (Å²) in [6.07, 6.45) is 2.11. The van der Waals surface area contributed by atoms with Crippen molar-refractivity contribution in [1.29, 1.82) is 0 Å². The highest BCUT2D eigenvalue weighted by molar-refractivity contribution is 7.91. The van der Waals surface area contributed by atoms with Crippen LogP contribution in [0, 0.1) is 11.8 Å². The molecule has 3 atom stereocenters. The summed E-state index contributed by atoms with van der Waals surface area (Å²) in [4.78, 5) is 0. The number of piperidine rings is 1. The molecule has 6 heteroatoms. The van der Waals surface area contributed by atoms with Crippen LogP contribution in [0.3, 0.4) is 0 Å². The van der Waals surface area contributed by atoms with Crippen LogP contribution in [0.1, 0.15) is 26.7 Å². The molecule has 1 aliphatic heterocycles. The second-order valence-electron chi connectivity index (χ2n) is 6.10. The average Bonchev–Trinajstić information content (AvgIpc) is 3.12. The van der Waals surface area contributed by atoms with Crippen molar-refractivity contribution in [3.05, 3.63) is 17.5 Å². The van der Waals surface area contributed by atoms with Gasteiger partial charge >= 0.3 is 0 Å². The van der Waals surface area contributed by atoms with E-state index in [1.807, 2.05) is 5.38 Å². The van der Waals surface area contributed by atoms with Gasteiger partial charge in [0.25, 0.3) is 10.0 Å². The predicted molar refractivity (Wildman–Crippen MR) is 79.3 cm³/mol. The van der Waals surface area contributed by atoms with E-state index in [0.29, 0.717) is 29.2 Å². The van der Waals surface area contributed by atoms with Crippen molar-refractivity contribution in [1.82, 2.24) is 4.31 Å². The quantitative estimate of drug-likeness (QED) is 0.839. The van der Waals surface area contributed by atoms with Gasteiger partial charge in [0, 0.05) is 19.1 Å². The Hall–Kier alpha value is -0.430. The number of thiophene rings is 1. The number of ether oxygens (including phenoxy) is 1. The lowest BCUT2D eigenvalue weighted by molar-refractivity contribution is 0.0182. The molecular weight excluding hydrogens is 294 g/mol. The van der Waals surface area contributed by atoms with Gasteiger partial charge in [0.15, 0.2) is 0 Å². The van der Waals surface area contributed by atoms with Crippen molar-refractivity contribution in [2.75, 3.05) is 13.2 Å². The average molecular weight is 315 g/mol. The van der Waals surface area contributed by atoms with Gasteiger partial charge in [0.1, 0.15) is 4.21 Å². The van der Waals surface area contributed by atoms with E-state index in [-0.39, 0.29) is 12.1 Å². The van der Waals surface area contributed by atoms with Gasteiger partial charge in [0.2, 0.25) is 0 Å². The molecule has 1 aromatic heterocycles. The first-order chi connectivity index (χ1) is 9.50. The van der Waals surface area contributed by atoms with Crippen LogP contribution in [0.2, 0.25) is 0 Å². The molecule has 0 radical (unpaired) electrons. The summed E-state index contributed by atoms with van der Waals surface area (Å²) >= 11 is 1.29. The van der Waals surface area contributed by atoms with Gasteiger partial charge in [-0.2, -0.15) is 4.31 Å². The molecule has 0 amide bonds. The molecule has 112 valence electrons. The normalized spacial score (nSPS) is 30.4. The van der Waals surface area contributed by atoms with Gasteiger partial charge < -0.3 is 4.74 Å². The fraction of sp³-hybridized carbons (Fsp3) is 0.714. The van der Waals surface area contributed by atoms with E-state index in [0.717, 1.165) is 12.8 Å². The summed E-state index contributed by atoms with van der Waals surface area (Å²) in [6, 6.07) is 3.51.